The summed E-state index contributed by atoms with van der Waals surface area (Å²) in [5.41, 5.74) is -1.26. The van der Waals surface area contributed by atoms with Crippen LogP contribution in [0.5, 0.6) is 5.75 Å². The summed E-state index contributed by atoms with van der Waals surface area (Å²) in [5, 5.41) is 11.5. The first-order valence-electron chi connectivity index (χ1n) is 5.80. The predicted molar refractivity (Wildman–Crippen MR) is 79.1 cm³/mol. The summed E-state index contributed by atoms with van der Waals surface area (Å²) in [6.45, 7) is 2.97. The molecule has 104 valence electrons. The molecule has 0 spiro atoms. The number of halogens is 1. The van der Waals surface area contributed by atoms with E-state index in [-0.39, 0.29) is 6.61 Å². The molecule has 0 radical (unpaired) electrons. The van der Waals surface area contributed by atoms with E-state index >= 15 is 0 Å². The average Bonchev–Trinajstić information content (AvgIpc) is 2.37. The average molecular weight is 377 g/mol. The first-order valence-corrected chi connectivity index (χ1v) is 6.88. The highest BCUT2D eigenvalue weighted by Crippen LogP contribution is 2.13. The Morgan fingerprint density at radius 2 is 1.95 bits per heavy atom. The van der Waals surface area contributed by atoms with Crippen LogP contribution >= 0.6 is 22.6 Å². The molecular weight excluding hydrogens is 361 g/mol. The first-order chi connectivity index (χ1) is 8.87. The van der Waals surface area contributed by atoms with Gasteiger partial charge in [-0.25, -0.2) is 4.79 Å². The number of rotatable bonds is 6. The zero-order valence-electron chi connectivity index (χ0n) is 10.8. The van der Waals surface area contributed by atoms with E-state index < -0.39 is 17.4 Å². The van der Waals surface area contributed by atoms with E-state index in [4.69, 9.17) is 9.84 Å². The van der Waals surface area contributed by atoms with E-state index in [1.807, 2.05) is 12.1 Å². The van der Waals surface area contributed by atoms with Gasteiger partial charge in [-0.15, -0.1) is 0 Å². The van der Waals surface area contributed by atoms with Gasteiger partial charge >= 0.3 is 5.97 Å². The Morgan fingerprint density at radius 1 is 1.37 bits per heavy atom. The second kappa shape index (κ2) is 6.74. The van der Waals surface area contributed by atoms with Crippen molar-refractivity contribution in [1.29, 1.82) is 0 Å². The van der Waals surface area contributed by atoms with Crippen LogP contribution < -0.4 is 10.1 Å². The van der Waals surface area contributed by atoms with Crippen LogP contribution in [0.15, 0.2) is 24.3 Å². The van der Waals surface area contributed by atoms with Gasteiger partial charge < -0.3 is 15.2 Å². The minimum atomic E-state index is -1.26. The molecule has 1 aromatic rings. The minimum Gasteiger partial charge on any atom is -0.484 e. The number of aliphatic carboxylic acids is 1. The van der Waals surface area contributed by atoms with E-state index in [9.17, 15) is 9.59 Å². The van der Waals surface area contributed by atoms with Gasteiger partial charge in [0.05, 0.1) is 0 Å². The molecule has 19 heavy (non-hydrogen) atoms. The topological polar surface area (TPSA) is 75.6 Å². The molecule has 6 heteroatoms. The SMILES string of the molecule is CCC(C)(NC(=O)COc1ccc(I)cc1)C(=O)O. The molecule has 2 N–H and O–H groups in total. The Labute approximate surface area is 125 Å². The van der Waals surface area contributed by atoms with Crippen molar-refractivity contribution in [3.63, 3.8) is 0 Å². The number of carbonyl (C=O) groups excluding carboxylic acids is 1. The van der Waals surface area contributed by atoms with Crippen LogP contribution in [0.1, 0.15) is 20.3 Å². The molecule has 5 nitrogen and oxygen atoms in total. The molecule has 0 aliphatic heterocycles. The molecular formula is C13H16INO4. The maximum absolute atomic E-state index is 11.7. The quantitative estimate of drug-likeness (QED) is 0.745. The van der Waals surface area contributed by atoms with Crippen LogP contribution in [0, 0.1) is 3.57 Å². The van der Waals surface area contributed by atoms with Crippen molar-refractivity contribution in [3.8, 4) is 5.75 Å². The molecule has 0 aromatic heterocycles. The second-order valence-electron chi connectivity index (χ2n) is 4.28. The van der Waals surface area contributed by atoms with Gasteiger partial charge in [-0.2, -0.15) is 0 Å². The van der Waals surface area contributed by atoms with Gasteiger partial charge in [0, 0.05) is 3.57 Å². The number of hydrogen-bond donors (Lipinski definition) is 2. The lowest BCUT2D eigenvalue weighted by Gasteiger charge is -2.24. The molecule has 1 atom stereocenters. The van der Waals surface area contributed by atoms with Gasteiger partial charge in [0.1, 0.15) is 11.3 Å². The van der Waals surface area contributed by atoms with Crippen LogP contribution in [-0.2, 0) is 9.59 Å². The Morgan fingerprint density at radius 3 is 2.42 bits per heavy atom. The van der Waals surface area contributed by atoms with Crippen molar-refractivity contribution >= 4 is 34.5 Å². The van der Waals surface area contributed by atoms with E-state index in [1.54, 1.807) is 19.1 Å². The third-order valence-corrected chi connectivity index (χ3v) is 3.50. The lowest BCUT2D eigenvalue weighted by molar-refractivity contribution is -0.147. The molecule has 0 saturated carbocycles. The molecule has 1 unspecified atom stereocenters. The van der Waals surface area contributed by atoms with Crippen molar-refractivity contribution in [1.82, 2.24) is 5.32 Å². The van der Waals surface area contributed by atoms with Crippen molar-refractivity contribution in [2.24, 2.45) is 0 Å². The normalized spacial score (nSPS) is 13.4. The summed E-state index contributed by atoms with van der Waals surface area (Å²) in [5.74, 6) is -0.938. The third-order valence-electron chi connectivity index (χ3n) is 2.78. The highest BCUT2D eigenvalue weighted by atomic mass is 127. The fourth-order valence-corrected chi connectivity index (χ4v) is 1.68. The summed E-state index contributed by atoms with van der Waals surface area (Å²) in [6.07, 6.45) is 0.303. The lowest BCUT2D eigenvalue weighted by Crippen LogP contribution is -2.53. The van der Waals surface area contributed by atoms with Gasteiger partial charge in [-0.1, -0.05) is 6.92 Å². The van der Waals surface area contributed by atoms with Crippen LogP contribution in [0.3, 0.4) is 0 Å². The maximum Gasteiger partial charge on any atom is 0.329 e. The molecule has 1 amide bonds. The Balaban J connectivity index is 2.52. The van der Waals surface area contributed by atoms with Crippen LogP contribution in [-0.4, -0.2) is 29.1 Å². The van der Waals surface area contributed by atoms with Gasteiger partial charge in [0.2, 0.25) is 0 Å². The number of hydrogen-bond acceptors (Lipinski definition) is 3. The van der Waals surface area contributed by atoms with Gasteiger partial charge in [-0.05, 0) is 60.2 Å². The molecule has 1 aromatic carbocycles. The summed E-state index contributed by atoms with van der Waals surface area (Å²) in [6, 6.07) is 7.24. The Hall–Kier alpha value is -1.31. The largest absolute Gasteiger partial charge is 0.484 e. The lowest BCUT2D eigenvalue weighted by atomic mass is 9.99. The number of carboxylic acids is 1. The highest BCUT2D eigenvalue weighted by Gasteiger charge is 2.32. The Bertz CT molecular complexity index is 460. The zero-order chi connectivity index (χ0) is 14.5. The number of amides is 1. The van der Waals surface area contributed by atoms with E-state index in [2.05, 4.69) is 27.9 Å². The van der Waals surface area contributed by atoms with E-state index in [0.717, 1.165) is 3.57 Å². The van der Waals surface area contributed by atoms with Crippen molar-refractivity contribution in [2.45, 2.75) is 25.8 Å². The summed E-state index contributed by atoms with van der Waals surface area (Å²) in [7, 11) is 0. The molecule has 0 heterocycles. The molecule has 1 rings (SSSR count). The maximum atomic E-state index is 11.7. The fraction of sp³-hybridized carbons (Fsp3) is 0.385. The van der Waals surface area contributed by atoms with Gasteiger partial charge in [0.25, 0.3) is 5.91 Å². The molecule has 0 aliphatic rings. The minimum absolute atomic E-state index is 0.205. The van der Waals surface area contributed by atoms with E-state index in [1.165, 1.54) is 6.92 Å². The third kappa shape index (κ3) is 4.70. The number of carbonyl (C=O) groups is 2. The Kier molecular flexibility index (Phi) is 5.59. The number of nitrogens with one attached hydrogen (secondary N) is 1. The molecule has 0 bridgehead atoms. The number of benzene rings is 1. The standard InChI is InChI=1S/C13H16INO4/c1-3-13(2,12(17)18)15-11(16)8-19-10-6-4-9(14)5-7-10/h4-7H,3,8H2,1-2H3,(H,15,16)(H,17,18). The molecule has 0 fully saturated rings. The van der Waals surface area contributed by atoms with Crippen LogP contribution in [0.4, 0.5) is 0 Å². The van der Waals surface area contributed by atoms with Crippen LogP contribution in [0.2, 0.25) is 0 Å². The molecule has 0 saturated heterocycles. The summed E-state index contributed by atoms with van der Waals surface area (Å²) < 4.78 is 6.35. The van der Waals surface area contributed by atoms with Gasteiger partial charge in [0.15, 0.2) is 6.61 Å². The monoisotopic (exact) mass is 377 g/mol. The second-order valence-corrected chi connectivity index (χ2v) is 5.53. The van der Waals surface area contributed by atoms with Crippen molar-refractivity contribution < 1.29 is 19.4 Å². The van der Waals surface area contributed by atoms with Crippen molar-refractivity contribution in [2.75, 3.05) is 6.61 Å². The smallest absolute Gasteiger partial charge is 0.329 e. The van der Waals surface area contributed by atoms with E-state index in [0.29, 0.717) is 12.2 Å². The van der Waals surface area contributed by atoms with Gasteiger partial charge in [-0.3, -0.25) is 4.79 Å². The predicted octanol–water partition coefficient (Wildman–Crippen LogP) is 2.04. The fourth-order valence-electron chi connectivity index (χ4n) is 1.32. The first kappa shape index (κ1) is 15.7. The summed E-state index contributed by atoms with van der Waals surface area (Å²) in [4.78, 5) is 22.7. The zero-order valence-corrected chi connectivity index (χ0v) is 12.9. The van der Waals surface area contributed by atoms with Crippen molar-refractivity contribution in [3.05, 3.63) is 27.8 Å². The number of carboxylic acid groups (broad SMARTS) is 1. The summed E-state index contributed by atoms with van der Waals surface area (Å²) >= 11 is 2.17. The number of ether oxygens (including phenoxy) is 1. The molecule has 0 aliphatic carbocycles. The highest BCUT2D eigenvalue weighted by molar-refractivity contribution is 14.1. The van der Waals surface area contributed by atoms with Crippen LogP contribution in [0.25, 0.3) is 0 Å².